The van der Waals surface area contributed by atoms with Crippen LogP contribution in [-0.4, -0.2) is 38.9 Å². The molecule has 0 radical (unpaired) electrons. The summed E-state index contributed by atoms with van der Waals surface area (Å²) in [7, 11) is 2.72. The van der Waals surface area contributed by atoms with E-state index in [0.29, 0.717) is 16.7 Å². The van der Waals surface area contributed by atoms with Crippen LogP contribution < -0.4 is 30.5 Å². The number of methoxy groups -OCH3 is 2. The zero-order valence-corrected chi connectivity index (χ0v) is 21.1. The predicted octanol–water partition coefficient (Wildman–Crippen LogP) is 5.34. The van der Waals surface area contributed by atoms with Gasteiger partial charge >= 0.3 is 11.8 Å². The van der Waals surface area contributed by atoms with Crippen LogP contribution in [0.3, 0.4) is 0 Å². The van der Waals surface area contributed by atoms with Crippen molar-refractivity contribution in [2.75, 3.05) is 31.5 Å². The molecule has 0 bridgehead atoms. The highest BCUT2D eigenvalue weighted by molar-refractivity contribution is 6.09. The fraction of sp³-hybridized carbons (Fsp3) is 0.370. The first-order valence-corrected chi connectivity index (χ1v) is 12.2. The summed E-state index contributed by atoms with van der Waals surface area (Å²) in [5, 5.41) is 6.88. The first-order valence-electron chi connectivity index (χ1n) is 12.2. The third-order valence-electron chi connectivity index (χ3n) is 6.18. The second kappa shape index (κ2) is 11.7. The largest absolute Gasteiger partial charge is 0.514 e. The van der Waals surface area contributed by atoms with E-state index < -0.39 is 17.7 Å². The normalized spacial score (nSPS) is 13.6. The standard InChI is InChI=1S/C27H30N2O8/c1-4-35-27(32)37-24-20(33-2)14-16(15-21(24)34-3)25(30)29-23-22(28-17-10-6-5-7-11-17)18-12-8-9-13-19(18)36-26(23)31/h8-9,12-15,17,28H,4-7,10-11H2,1-3H3,(H,29,30). The van der Waals surface area contributed by atoms with Crippen LogP contribution in [0.25, 0.3) is 11.0 Å². The van der Waals surface area contributed by atoms with Crippen molar-refractivity contribution in [2.24, 2.45) is 0 Å². The van der Waals surface area contributed by atoms with Crippen LogP contribution in [0.1, 0.15) is 49.4 Å². The highest BCUT2D eigenvalue weighted by atomic mass is 16.7. The van der Waals surface area contributed by atoms with Gasteiger partial charge in [-0.05, 0) is 44.0 Å². The van der Waals surface area contributed by atoms with Crippen LogP contribution in [0.15, 0.2) is 45.6 Å². The number of carbonyl (C=O) groups is 2. The van der Waals surface area contributed by atoms with Gasteiger partial charge in [0.2, 0.25) is 5.75 Å². The lowest BCUT2D eigenvalue weighted by Crippen LogP contribution is -2.26. The lowest BCUT2D eigenvalue weighted by molar-refractivity contribution is 0.102. The zero-order valence-electron chi connectivity index (χ0n) is 21.1. The molecule has 10 heteroatoms. The molecule has 3 aromatic rings. The number of ether oxygens (including phenoxy) is 4. The SMILES string of the molecule is CCOC(=O)Oc1c(OC)cc(C(=O)Nc2c(NC3CCCCC3)c3ccccc3oc2=O)cc1OC. The van der Waals surface area contributed by atoms with Crippen molar-refractivity contribution in [3.63, 3.8) is 0 Å². The van der Waals surface area contributed by atoms with Gasteiger partial charge in [0.15, 0.2) is 17.2 Å². The van der Waals surface area contributed by atoms with Crippen molar-refractivity contribution in [1.82, 2.24) is 0 Å². The Hall–Kier alpha value is -4.21. The van der Waals surface area contributed by atoms with Gasteiger partial charge in [-0.2, -0.15) is 0 Å². The second-order valence-corrected chi connectivity index (χ2v) is 8.56. The van der Waals surface area contributed by atoms with E-state index in [4.69, 9.17) is 23.4 Å². The average Bonchev–Trinajstić information content (AvgIpc) is 2.91. The Morgan fingerprint density at radius 2 is 1.68 bits per heavy atom. The van der Waals surface area contributed by atoms with E-state index in [-0.39, 0.29) is 41.1 Å². The van der Waals surface area contributed by atoms with Gasteiger partial charge in [0.1, 0.15) is 5.58 Å². The van der Waals surface area contributed by atoms with E-state index in [0.717, 1.165) is 25.7 Å². The number of rotatable bonds is 8. The van der Waals surface area contributed by atoms with Crippen molar-refractivity contribution in [3.8, 4) is 17.2 Å². The summed E-state index contributed by atoms with van der Waals surface area (Å²) in [4.78, 5) is 38.2. The van der Waals surface area contributed by atoms with E-state index in [1.165, 1.54) is 32.8 Å². The molecule has 1 saturated carbocycles. The molecule has 0 aliphatic heterocycles. The summed E-state index contributed by atoms with van der Waals surface area (Å²) in [5.74, 6) is -0.495. The summed E-state index contributed by atoms with van der Waals surface area (Å²) < 4.78 is 26.2. The monoisotopic (exact) mass is 510 g/mol. The van der Waals surface area contributed by atoms with E-state index in [1.807, 2.05) is 12.1 Å². The molecule has 0 atom stereocenters. The van der Waals surface area contributed by atoms with Crippen LogP contribution >= 0.6 is 0 Å². The minimum Gasteiger partial charge on any atom is -0.493 e. The molecule has 0 saturated heterocycles. The third-order valence-corrected chi connectivity index (χ3v) is 6.18. The summed E-state index contributed by atoms with van der Waals surface area (Å²) in [6, 6.07) is 10.1. The maximum absolute atomic E-state index is 13.4. The molecule has 1 heterocycles. The highest BCUT2D eigenvalue weighted by Crippen LogP contribution is 2.39. The number of amides is 1. The predicted molar refractivity (Wildman–Crippen MR) is 138 cm³/mol. The number of hydrogen-bond acceptors (Lipinski definition) is 9. The van der Waals surface area contributed by atoms with E-state index in [1.54, 1.807) is 19.1 Å². The molecule has 4 rings (SSSR count). The third kappa shape index (κ3) is 5.79. The first-order chi connectivity index (χ1) is 17.9. The lowest BCUT2D eigenvalue weighted by atomic mass is 9.95. The molecule has 37 heavy (non-hydrogen) atoms. The quantitative estimate of drug-likeness (QED) is 0.234. The van der Waals surface area contributed by atoms with Gasteiger partial charge in [-0.15, -0.1) is 0 Å². The highest BCUT2D eigenvalue weighted by Gasteiger charge is 2.24. The molecule has 1 fully saturated rings. The molecule has 196 valence electrons. The molecule has 1 aromatic heterocycles. The van der Waals surface area contributed by atoms with Crippen LogP contribution in [0, 0.1) is 0 Å². The first kappa shape index (κ1) is 25.9. The summed E-state index contributed by atoms with van der Waals surface area (Å²) in [5.41, 5.74) is 0.396. The fourth-order valence-electron chi connectivity index (χ4n) is 4.39. The maximum atomic E-state index is 13.4. The fourth-order valence-corrected chi connectivity index (χ4v) is 4.39. The van der Waals surface area contributed by atoms with E-state index in [2.05, 4.69) is 10.6 Å². The van der Waals surface area contributed by atoms with Gasteiger partial charge in [-0.1, -0.05) is 31.4 Å². The molecule has 1 amide bonds. The zero-order chi connectivity index (χ0) is 26.4. The van der Waals surface area contributed by atoms with E-state index in [9.17, 15) is 14.4 Å². The molecule has 10 nitrogen and oxygen atoms in total. The van der Waals surface area contributed by atoms with Crippen LogP contribution in [-0.2, 0) is 4.74 Å². The van der Waals surface area contributed by atoms with Gasteiger partial charge < -0.3 is 34.0 Å². The molecular weight excluding hydrogens is 480 g/mol. The molecule has 2 N–H and O–H groups in total. The number of anilines is 2. The van der Waals surface area contributed by atoms with Gasteiger partial charge in [0.05, 0.1) is 26.5 Å². The smallest absolute Gasteiger partial charge is 0.493 e. The second-order valence-electron chi connectivity index (χ2n) is 8.56. The minimum atomic E-state index is -0.941. The van der Waals surface area contributed by atoms with Gasteiger partial charge in [-0.3, -0.25) is 4.79 Å². The Morgan fingerprint density at radius 3 is 2.32 bits per heavy atom. The molecule has 1 aliphatic rings. The number of fused-ring (bicyclic) bond motifs is 1. The van der Waals surface area contributed by atoms with Crippen molar-refractivity contribution in [3.05, 3.63) is 52.4 Å². The molecule has 0 spiro atoms. The maximum Gasteiger partial charge on any atom is 0.514 e. The number of nitrogens with one attached hydrogen (secondary N) is 2. The van der Waals surface area contributed by atoms with Crippen molar-refractivity contribution >= 4 is 34.4 Å². The van der Waals surface area contributed by atoms with Crippen LogP contribution in [0.2, 0.25) is 0 Å². The van der Waals surface area contributed by atoms with Crippen LogP contribution in [0.5, 0.6) is 17.2 Å². The minimum absolute atomic E-state index is 0.0130. The summed E-state index contributed by atoms with van der Waals surface area (Å²) in [6.07, 6.45) is 4.37. The van der Waals surface area contributed by atoms with E-state index >= 15 is 0 Å². The Balaban J connectivity index is 1.71. The molecule has 2 aromatic carbocycles. The molecular formula is C27H30N2O8. The number of hydrogen-bond donors (Lipinski definition) is 2. The Bertz CT molecular complexity index is 1320. The number of benzene rings is 2. The lowest BCUT2D eigenvalue weighted by Gasteiger charge is -2.25. The topological polar surface area (TPSA) is 125 Å². The Morgan fingerprint density at radius 1 is 1.00 bits per heavy atom. The summed E-state index contributed by atoms with van der Waals surface area (Å²) >= 11 is 0. The van der Waals surface area contributed by atoms with Crippen molar-refractivity contribution in [1.29, 1.82) is 0 Å². The number of carbonyl (C=O) groups excluding carboxylic acids is 2. The van der Waals surface area contributed by atoms with Crippen molar-refractivity contribution < 1.29 is 33.0 Å². The number of para-hydroxylation sites is 1. The van der Waals surface area contributed by atoms with Gasteiger partial charge in [0, 0.05) is 17.0 Å². The van der Waals surface area contributed by atoms with Crippen molar-refractivity contribution in [2.45, 2.75) is 45.1 Å². The molecule has 0 unspecified atom stereocenters. The Labute approximate surface area is 213 Å². The van der Waals surface area contributed by atoms with Crippen LogP contribution in [0.4, 0.5) is 16.2 Å². The van der Waals surface area contributed by atoms with Gasteiger partial charge in [-0.25, -0.2) is 9.59 Å². The Kier molecular flexibility index (Phi) is 8.17. The average molecular weight is 511 g/mol. The summed E-state index contributed by atoms with van der Waals surface area (Å²) in [6.45, 7) is 1.76. The molecule has 1 aliphatic carbocycles. The van der Waals surface area contributed by atoms with Gasteiger partial charge in [0.25, 0.3) is 5.91 Å².